The number of nitrogens with one attached hydrogen (secondary N) is 2. The van der Waals surface area contributed by atoms with E-state index < -0.39 is 0 Å². The van der Waals surface area contributed by atoms with Crippen molar-refractivity contribution in [2.24, 2.45) is 5.92 Å². The SMILES string of the molecule is O=C(CCC(=O)c1cccs1)NCCCNC(=O)C1Cc2ccccc2C1. The lowest BCUT2D eigenvalue weighted by molar-refractivity contribution is -0.124. The van der Waals surface area contributed by atoms with Crippen LogP contribution >= 0.6 is 11.3 Å². The first-order valence-corrected chi connectivity index (χ1v) is 10.2. The van der Waals surface area contributed by atoms with Crippen LogP contribution in [0.15, 0.2) is 41.8 Å². The second kappa shape index (κ2) is 9.46. The van der Waals surface area contributed by atoms with Crippen molar-refractivity contribution < 1.29 is 14.4 Å². The van der Waals surface area contributed by atoms with Gasteiger partial charge in [-0.2, -0.15) is 0 Å². The van der Waals surface area contributed by atoms with Crippen LogP contribution in [0, 0.1) is 5.92 Å². The van der Waals surface area contributed by atoms with Gasteiger partial charge in [-0.15, -0.1) is 11.3 Å². The van der Waals surface area contributed by atoms with Gasteiger partial charge < -0.3 is 10.6 Å². The monoisotopic (exact) mass is 384 g/mol. The maximum absolute atomic E-state index is 12.3. The van der Waals surface area contributed by atoms with Crippen molar-refractivity contribution in [3.8, 4) is 0 Å². The number of amides is 2. The fraction of sp³-hybridized carbons (Fsp3) is 0.381. The van der Waals surface area contributed by atoms with Crippen LogP contribution in [-0.4, -0.2) is 30.7 Å². The number of hydrogen-bond donors (Lipinski definition) is 2. The normalized spacial score (nSPS) is 13.2. The molecule has 0 atom stereocenters. The van der Waals surface area contributed by atoms with Gasteiger partial charge in [0, 0.05) is 31.8 Å². The molecule has 0 saturated heterocycles. The van der Waals surface area contributed by atoms with Gasteiger partial charge in [0.1, 0.15) is 0 Å². The van der Waals surface area contributed by atoms with Gasteiger partial charge in [0.2, 0.25) is 11.8 Å². The van der Waals surface area contributed by atoms with E-state index >= 15 is 0 Å². The summed E-state index contributed by atoms with van der Waals surface area (Å²) >= 11 is 1.39. The Morgan fingerprint density at radius 1 is 0.926 bits per heavy atom. The van der Waals surface area contributed by atoms with Gasteiger partial charge in [-0.05, 0) is 41.8 Å². The maximum Gasteiger partial charge on any atom is 0.223 e. The Balaban J connectivity index is 1.26. The van der Waals surface area contributed by atoms with E-state index in [0.717, 1.165) is 12.8 Å². The Kier molecular flexibility index (Phi) is 6.76. The van der Waals surface area contributed by atoms with Gasteiger partial charge in [0.25, 0.3) is 0 Å². The van der Waals surface area contributed by atoms with Crippen LogP contribution in [0.3, 0.4) is 0 Å². The predicted octanol–water partition coefficient (Wildman–Crippen LogP) is 2.75. The second-order valence-corrected chi connectivity index (χ2v) is 7.72. The minimum absolute atomic E-state index is 0.00460. The lowest BCUT2D eigenvalue weighted by Crippen LogP contribution is -2.34. The molecule has 2 amide bonds. The molecule has 1 heterocycles. The molecule has 0 aliphatic heterocycles. The van der Waals surface area contributed by atoms with Crippen molar-refractivity contribution in [1.29, 1.82) is 0 Å². The zero-order valence-electron chi connectivity index (χ0n) is 15.2. The fourth-order valence-corrected chi connectivity index (χ4v) is 3.99. The summed E-state index contributed by atoms with van der Waals surface area (Å²) in [6, 6.07) is 11.8. The van der Waals surface area contributed by atoms with Crippen LogP contribution < -0.4 is 10.6 Å². The summed E-state index contributed by atoms with van der Waals surface area (Å²) < 4.78 is 0. The first-order chi connectivity index (χ1) is 13.1. The highest BCUT2D eigenvalue weighted by atomic mass is 32.1. The van der Waals surface area contributed by atoms with Crippen LogP contribution in [0.25, 0.3) is 0 Å². The van der Waals surface area contributed by atoms with Crippen molar-refractivity contribution in [2.45, 2.75) is 32.1 Å². The molecule has 1 aliphatic carbocycles. The number of carbonyl (C=O) groups excluding carboxylic acids is 3. The highest BCUT2D eigenvalue weighted by Gasteiger charge is 2.26. The third-order valence-corrected chi connectivity index (χ3v) is 5.68. The van der Waals surface area contributed by atoms with Crippen molar-refractivity contribution in [1.82, 2.24) is 10.6 Å². The van der Waals surface area contributed by atoms with E-state index in [1.165, 1.54) is 22.5 Å². The smallest absolute Gasteiger partial charge is 0.223 e. The minimum atomic E-state index is -0.127. The van der Waals surface area contributed by atoms with Crippen LogP contribution in [0.5, 0.6) is 0 Å². The number of Topliss-reactive ketones (excluding diaryl/α,β-unsaturated/α-hetero) is 1. The van der Waals surface area contributed by atoms with E-state index in [4.69, 9.17) is 0 Å². The number of ketones is 1. The van der Waals surface area contributed by atoms with Crippen LogP contribution in [-0.2, 0) is 22.4 Å². The summed E-state index contributed by atoms with van der Waals surface area (Å²) in [5.41, 5.74) is 2.53. The van der Waals surface area contributed by atoms with Crippen molar-refractivity contribution in [3.63, 3.8) is 0 Å². The Morgan fingerprint density at radius 3 is 2.30 bits per heavy atom. The molecule has 6 heteroatoms. The lowest BCUT2D eigenvalue weighted by atomic mass is 10.1. The molecule has 1 aromatic heterocycles. The van der Waals surface area contributed by atoms with Gasteiger partial charge in [-0.25, -0.2) is 0 Å². The van der Waals surface area contributed by atoms with Crippen molar-refractivity contribution in [2.75, 3.05) is 13.1 Å². The molecular weight excluding hydrogens is 360 g/mol. The first-order valence-electron chi connectivity index (χ1n) is 9.31. The number of thiophene rings is 1. The average molecular weight is 385 g/mol. The largest absolute Gasteiger partial charge is 0.356 e. The Labute approximate surface area is 163 Å². The third kappa shape index (κ3) is 5.50. The van der Waals surface area contributed by atoms with Crippen LogP contribution in [0.2, 0.25) is 0 Å². The second-order valence-electron chi connectivity index (χ2n) is 6.77. The van der Waals surface area contributed by atoms with E-state index in [2.05, 4.69) is 22.8 Å². The molecule has 0 spiro atoms. The summed E-state index contributed by atoms with van der Waals surface area (Å²) in [5.74, 6) is -0.0261. The number of hydrogen-bond acceptors (Lipinski definition) is 4. The van der Waals surface area contributed by atoms with E-state index in [-0.39, 0.29) is 36.4 Å². The molecule has 1 aliphatic rings. The molecular formula is C21H24N2O3S. The molecule has 3 rings (SSSR count). The van der Waals surface area contributed by atoms with E-state index in [9.17, 15) is 14.4 Å². The summed E-state index contributed by atoms with van der Waals surface area (Å²) in [6.07, 6.45) is 2.71. The van der Waals surface area contributed by atoms with Crippen molar-refractivity contribution >= 4 is 28.9 Å². The summed E-state index contributed by atoms with van der Waals surface area (Å²) in [4.78, 5) is 36.6. The van der Waals surface area contributed by atoms with E-state index in [0.29, 0.717) is 24.4 Å². The summed E-state index contributed by atoms with van der Waals surface area (Å²) in [5, 5.41) is 7.61. The topological polar surface area (TPSA) is 75.3 Å². The molecule has 2 aromatic rings. The lowest BCUT2D eigenvalue weighted by Gasteiger charge is -2.10. The molecule has 0 bridgehead atoms. The number of fused-ring (bicyclic) bond motifs is 1. The third-order valence-electron chi connectivity index (χ3n) is 4.77. The van der Waals surface area contributed by atoms with E-state index in [1.807, 2.05) is 23.6 Å². The Bertz CT molecular complexity index is 777. The first kappa shape index (κ1) is 19.3. The van der Waals surface area contributed by atoms with Gasteiger partial charge in [-0.3, -0.25) is 14.4 Å². The van der Waals surface area contributed by atoms with Crippen LogP contribution in [0.1, 0.15) is 40.1 Å². The van der Waals surface area contributed by atoms with Gasteiger partial charge in [0.15, 0.2) is 5.78 Å². The highest BCUT2D eigenvalue weighted by molar-refractivity contribution is 7.12. The zero-order valence-corrected chi connectivity index (χ0v) is 16.0. The quantitative estimate of drug-likeness (QED) is 0.516. The predicted molar refractivity (Wildman–Crippen MR) is 106 cm³/mol. The van der Waals surface area contributed by atoms with Gasteiger partial charge >= 0.3 is 0 Å². The Hall–Kier alpha value is -2.47. The molecule has 1 aromatic carbocycles. The Morgan fingerprint density at radius 2 is 1.63 bits per heavy atom. The molecule has 27 heavy (non-hydrogen) atoms. The number of rotatable bonds is 9. The van der Waals surface area contributed by atoms with Gasteiger partial charge in [0.05, 0.1) is 4.88 Å². The average Bonchev–Trinajstić information content (AvgIpc) is 3.35. The van der Waals surface area contributed by atoms with Crippen molar-refractivity contribution in [3.05, 3.63) is 57.8 Å². The molecule has 2 N–H and O–H groups in total. The number of carbonyl (C=O) groups is 3. The highest BCUT2D eigenvalue weighted by Crippen LogP contribution is 2.26. The van der Waals surface area contributed by atoms with Gasteiger partial charge in [-0.1, -0.05) is 30.3 Å². The standard InChI is InChI=1S/C21H24N2O3S/c24-18(19-7-3-12-27-19)8-9-20(25)22-10-4-11-23-21(26)17-13-15-5-1-2-6-16(15)14-17/h1-3,5-7,12,17H,4,8-11,13-14H2,(H,22,25)(H,23,26). The summed E-state index contributed by atoms with van der Waals surface area (Å²) in [6.45, 7) is 1.04. The molecule has 0 saturated carbocycles. The maximum atomic E-state index is 12.3. The molecule has 0 radical (unpaired) electrons. The molecule has 0 fully saturated rings. The number of benzene rings is 1. The minimum Gasteiger partial charge on any atom is -0.356 e. The molecule has 5 nitrogen and oxygen atoms in total. The molecule has 142 valence electrons. The van der Waals surface area contributed by atoms with E-state index in [1.54, 1.807) is 6.07 Å². The van der Waals surface area contributed by atoms with Crippen LogP contribution in [0.4, 0.5) is 0 Å². The molecule has 0 unspecified atom stereocenters. The zero-order chi connectivity index (χ0) is 19.1. The fourth-order valence-electron chi connectivity index (χ4n) is 3.29. The summed E-state index contributed by atoms with van der Waals surface area (Å²) in [7, 11) is 0.